The molecule has 1 aliphatic heterocycles. The maximum absolute atomic E-state index is 13.3. The lowest BCUT2D eigenvalue weighted by molar-refractivity contribution is -0.0248. The number of nitrogens with zero attached hydrogens (tertiary/aromatic N) is 4. The van der Waals surface area contributed by atoms with Crippen molar-refractivity contribution >= 4 is 17.4 Å². The highest BCUT2D eigenvalue weighted by Gasteiger charge is 2.28. The van der Waals surface area contributed by atoms with Gasteiger partial charge in [-0.25, -0.2) is 4.98 Å². The molecule has 1 fully saturated rings. The van der Waals surface area contributed by atoms with Crippen LogP contribution in [0.15, 0.2) is 67.0 Å². The average Bonchev–Trinajstić information content (AvgIpc) is 2.85. The van der Waals surface area contributed by atoms with E-state index in [0.717, 1.165) is 23.7 Å². The van der Waals surface area contributed by atoms with Crippen molar-refractivity contribution in [1.29, 1.82) is 0 Å². The van der Waals surface area contributed by atoms with Gasteiger partial charge in [-0.1, -0.05) is 18.2 Å². The number of morpholine rings is 1. The zero-order chi connectivity index (χ0) is 23.0. The summed E-state index contributed by atoms with van der Waals surface area (Å²) in [5.74, 6) is 1.30. The van der Waals surface area contributed by atoms with Crippen molar-refractivity contribution in [3.05, 3.63) is 78.2 Å². The SMILES string of the molecule is CN(C)CCOc1ccccc1C(=O)N1CCO[C@@H](c2ccc(Nc3ccccn3)cn2)C1. The minimum atomic E-state index is -0.284. The van der Waals surface area contributed by atoms with Crippen LogP contribution < -0.4 is 10.1 Å². The summed E-state index contributed by atoms with van der Waals surface area (Å²) >= 11 is 0. The van der Waals surface area contributed by atoms with Crippen LogP contribution in [0.25, 0.3) is 0 Å². The summed E-state index contributed by atoms with van der Waals surface area (Å²) in [6.45, 7) is 2.71. The molecule has 0 saturated carbocycles. The van der Waals surface area contributed by atoms with Crippen molar-refractivity contribution in [3.8, 4) is 5.75 Å². The number of amides is 1. The summed E-state index contributed by atoms with van der Waals surface area (Å²) in [6, 6.07) is 16.9. The molecule has 1 aliphatic rings. The lowest BCUT2D eigenvalue weighted by atomic mass is 10.1. The number of hydrogen-bond donors (Lipinski definition) is 1. The van der Waals surface area contributed by atoms with E-state index in [0.29, 0.717) is 37.6 Å². The number of carbonyl (C=O) groups excluding carboxylic acids is 1. The number of rotatable bonds is 8. The van der Waals surface area contributed by atoms with Crippen molar-refractivity contribution in [1.82, 2.24) is 19.8 Å². The zero-order valence-corrected chi connectivity index (χ0v) is 19.0. The number of nitrogens with one attached hydrogen (secondary N) is 1. The van der Waals surface area contributed by atoms with Crippen molar-refractivity contribution in [2.45, 2.75) is 6.10 Å². The Kier molecular flexibility index (Phi) is 7.49. The van der Waals surface area contributed by atoms with Gasteiger partial charge in [-0.3, -0.25) is 9.78 Å². The second-order valence-corrected chi connectivity index (χ2v) is 8.07. The Hall–Kier alpha value is -3.49. The molecule has 0 bridgehead atoms. The molecule has 1 atom stereocenters. The molecule has 3 aromatic rings. The van der Waals surface area contributed by atoms with Gasteiger partial charge < -0.3 is 24.6 Å². The number of ether oxygens (including phenoxy) is 2. The maximum atomic E-state index is 13.3. The molecule has 3 heterocycles. The van der Waals surface area contributed by atoms with Crippen molar-refractivity contribution in [2.75, 3.05) is 52.3 Å². The van der Waals surface area contributed by atoms with Crippen LogP contribution in [0.1, 0.15) is 22.2 Å². The molecule has 0 spiro atoms. The fourth-order valence-electron chi connectivity index (χ4n) is 3.54. The molecule has 33 heavy (non-hydrogen) atoms. The van der Waals surface area contributed by atoms with Crippen LogP contribution >= 0.6 is 0 Å². The molecule has 0 unspecified atom stereocenters. The Bertz CT molecular complexity index is 1040. The summed E-state index contributed by atoms with van der Waals surface area (Å²) in [4.78, 5) is 26.0. The van der Waals surface area contributed by atoms with Gasteiger partial charge in [0.1, 0.15) is 24.3 Å². The highest BCUT2D eigenvalue weighted by atomic mass is 16.5. The maximum Gasteiger partial charge on any atom is 0.257 e. The fourth-order valence-corrected chi connectivity index (χ4v) is 3.54. The number of anilines is 2. The molecule has 1 aromatic carbocycles. The third-order valence-electron chi connectivity index (χ3n) is 5.32. The third-order valence-corrected chi connectivity index (χ3v) is 5.32. The van der Waals surface area contributed by atoms with E-state index >= 15 is 0 Å². The summed E-state index contributed by atoms with van der Waals surface area (Å²) < 4.78 is 11.8. The highest BCUT2D eigenvalue weighted by Crippen LogP contribution is 2.26. The van der Waals surface area contributed by atoms with Gasteiger partial charge in [0, 0.05) is 19.3 Å². The van der Waals surface area contributed by atoms with E-state index in [1.807, 2.05) is 78.5 Å². The first-order chi connectivity index (χ1) is 16.1. The molecule has 0 aliphatic carbocycles. The van der Waals surface area contributed by atoms with E-state index in [1.54, 1.807) is 12.4 Å². The van der Waals surface area contributed by atoms with E-state index in [9.17, 15) is 4.79 Å². The van der Waals surface area contributed by atoms with Crippen LogP contribution in [0.4, 0.5) is 11.5 Å². The molecule has 8 nitrogen and oxygen atoms in total. The van der Waals surface area contributed by atoms with Crippen LogP contribution in [0.5, 0.6) is 5.75 Å². The van der Waals surface area contributed by atoms with E-state index in [2.05, 4.69) is 15.3 Å². The van der Waals surface area contributed by atoms with Gasteiger partial charge in [0.2, 0.25) is 0 Å². The quantitative estimate of drug-likeness (QED) is 0.567. The van der Waals surface area contributed by atoms with Crippen molar-refractivity contribution < 1.29 is 14.3 Å². The van der Waals surface area contributed by atoms with Crippen LogP contribution in [-0.2, 0) is 4.74 Å². The van der Waals surface area contributed by atoms with E-state index in [4.69, 9.17) is 9.47 Å². The molecule has 8 heteroatoms. The number of para-hydroxylation sites is 1. The topological polar surface area (TPSA) is 79.8 Å². The van der Waals surface area contributed by atoms with Gasteiger partial charge in [-0.15, -0.1) is 0 Å². The van der Waals surface area contributed by atoms with Gasteiger partial charge in [0.05, 0.1) is 36.3 Å². The first-order valence-electron chi connectivity index (χ1n) is 11.0. The van der Waals surface area contributed by atoms with E-state index < -0.39 is 0 Å². The molecule has 4 rings (SSSR count). The Balaban J connectivity index is 1.41. The lowest BCUT2D eigenvalue weighted by Gasteiger charge is -2.33. The summed E-state index contributed by atoms with van der Waals surface area (Å²) in [5, 5.41) is 3.22. The van der Waals surface area contributed by atoms with Crippen LogP contribution in [0, 0.1) is 0 Å². The molecule has 172 valence electrons. The van der Waals surface area contributed by atoms with Gasteiger partial charge in [0.15, 0.2) is 0 Å². The van der Waals surface area contributed by atoms with Crippen LogP contribution in [0.3, 0.4) is 0 Å². The monoisotopic (exact) mass is 447 g/mol. The third kappa shape index (κ3) is 6.06. The molecular weight excluding hydrogens is 418 g/mol. The standard InChI is InChI=1S/C25H29N5O3/c1-29(2)13-15-32-22-8-4-3-7-20(22)25(31)30-14-16-33-23(18-30)21-11-10-19(17-27-21)28-24-9-5-6-12-26-24/h3-12,17,23H,13-16,18H2,1-2H3,(H,26,28)/t23-/m1/s1. The van der Waals surface area contributed by atoms with Crippen LogP contribution in [-0.4, -0.2) is 72.6 Å². The van der Waals surface area contributed by atoms with Crippen LogP contribution in [0.2, 0.25) is 0 Å². The first-order valence-corrected chi connectivity index (χ1v) is 11.0. The van der Waals surface area contributed by atoms with Gasteiger partial charge in [0.25, 0.3) is 5.91 Å². The number of likely N-dealkylation sites (N-methyl/N-ethyl adjacent to an activating group) is 1. The average molecular weight is 448 g/mol. The van der Waals surface area contributed by atoms with Crippen molar-refractivity contribution in [2.24, 2.45) is 0 Å². The summed E-state index contributed by atoms with van der Waals surface area (Å²) in [5.41, 5.74) is 2.19. The number of benzene rings is 1. The van der Waals surface area contributed by atoms with Gasteiger partial charge in [-0.2, -0.15) is 0 Å². The number of pyridine rings is 2. The second kappa shape index (κ2) is 10.9. The Labute approximate surface area is 194 Å². The molecule has 1 N–H and O–H groups in total. The van der Waals surface area contributed by atoms with E-state index in [-0.39, 0.29) is 12.0 Å². The molecule has 1 amide bonds. The molecule has 0 radical (unpaired) electrons. The first kappa shape index (κ1) is 22.7. The Morgan fingerprint density at radius 2 is 2.00 bits per heavy atom. The number of aromatic nitrogens is 2. The smallest absolute Gasteiger partial charge is 0.257 e. The van der Waals surface area contributed by atoms with E-state index in [1.165, 1.54) is 0 Å². The largest absolute Gasteiger partial charge is 0.491 e. The Morgan fingerprint density at radius 3 is 2.76 bits per heavy atom. The normalized spacial score (nSPS) is 16.0. The predicted octanol–water partition coefficient (Wildman–Crippen LogP) is 3.37. The molecular formula is C25H29N5O3. The van der Waals surface area contributed by atoms with Crippen molar-refractivity contribution in [3.63, 3.8) is 0 Å². The second-order valence-electron chi connectivity index (χ2n) is 8.07. The summed E-state index contributed by atoms with van der Waals surface area (Å²) in [6.07, 6.45) is 3.20. The van der Waals surface area contributed by atoms with Gasteiger partial charge >= 0.3 is 0 Å². The lowest BCUT2D eigenvalue weighted by Crippen LogP contribution is -2.42. The van der Waals surface area contributed by atoms with Gasteiger partial charge in [-0.05, 0) is 50.5 Å². The number of carbonyl (C=O) groups is 1. The summed E-state index contributed by atoms with van der Waals surface area (Å²) in [7, 11) is 3.98. The predicted molar refractivity (Wildman–Crippen MR) is 127 cm³/mol. The molecule has 1 saturated heterocycles. The Morgan fingerprint density at radius 1 is 1.15 bits per heavy atom. The zero-order valence-electron chi connectivity index (χ0n) is 19.0. The molecule has 2 aromatic heterocycles. The minimum Gasteiger partial charge on any atom is -0.491 e. The fraction of sp³-hybridized carbons (Fsp3) is 0.320. The minimum absolute atomic E-state index is 0.0582. The highest BCUT2D eigenvalue weighted by molar-refractivity contribution is 5.97. The number of hydrogen-bond acceptors (Lipinski definition) is 7.